The quantitative estimate of drug-likeness (QED) is 0.580. The van der Waals surface area contributed by atoms with Gasteiger partial charge in [-0.2, -0.15) is 13.2 Å². The van der Waals surface area contributed by atoms with Crippen LogP contribution >= 0.6 is 11.8 Å². The summed E-state index contributed by atoms with van der Waals surface area (Å²) in [6.07, 6.45) is -2.88. The molecular formula is C20H23F3N4O3S. The van der Waals surface area contributed by atoms with Gasteiger partial charge in [0, 0.05) is 11.6 Å². The number of hydrogen-bond donors (Lipinski definition) is 1. The Bertz CT molecular complexity index is 942. The lowest BCUT2D eigenvalue weighted by Gasteiger charge is -2.30. The Morgan fingerprint density at radius 2 is 1.90 bits per heavy atom. The van der Waals surface area contributed by atoms with E-state index in [0.29, 0.717) is 11.4 Å². The van der Waals surface area contributed by atoms with Crippen LogP contribution in [0.5, 0.6) is 0 Å². The Balaban J connectivity index is 1.78. The number of nitrogens with zero attached hydrogens (tertiary/aromatic N) is 4. The molecule has 0 spiro atoms. The van der Waals surface area contributed by atoms with E-state index in [0.717, 1.165) is 35.1 Å². The first-order valence-electron chi connectivity index (χ1n) is 9.76. The molecule has 1 aliphatic rings. The molecule has 1 heterocycles. The van der Waals surface area contributed by atoms with Crippen LogP contribution in [0.25, 0.3) is 11.4 Å². The Labute approximate surface area is 181 Å². The van der Waals surface area contributed by atoms with Gasteiger partial charge in [-0.15, -0.1) is 10.2 Å². The minimum atomic E-state index is -4.49. The molecule has 0 radical (unpaired) electrons. The Morgan fingerprint density at radius 1 is 1.26 bits per heavy atom. The van der Waals surface area contributed by atoms with Crippen molar-refractivity contribution in [3.63, 3.8) is 0 Å². The van der Waals surface area contributed by atoms with Gasteiger partial charge >= 0.3 is 12.1 Å². The molecule has 1 aromatic carbocycles. The minimum absolute atomic E-state index is 0.0834. The number of aliphatic carboxylic acids is 1. The van der Waals surface area contributed by atoms with Gasteiger partial charge in [0.2, 0.25) is 5.91 Å². The number of carbonyl (C=O) groups excluding carboxylic acids is 1. The summed E-state index contributed by atoms with van der Waals surface area (Å²) in [7, 11) is 0. The van der Waals surface area contributed by atoms with Gasteiger partial charge < -0.3 is 10.0 Å². The number of carbonyl (C=O) groups is 2. The van der Waals surface area contributed by atoms with E-state index in [2.05, 4.69) is 10.2 Å². The fourth-order valence-electron chi connectivity index (χ4n) is 3.28. The molecule has 0 bridgehead atoms. The Morgan fingerprint density at radius 3 is 2.45 bits per heavy atom. The summed E-state index contributed by atoms with van der Waals surface area (Å²) in [5.41, 5.74) is 1.67. The third-order valence-electron chi connectivity index (χ3n) is 5.11. The van der Waals surface area contributed by atoms with E-state index in [1.807, 2.05) is 19.1 Å². The molecule has 1 aromatic heterocycles. The number of amides is 1. The van der Waals surface area contributed by atoms with Gasteiger partial charge in [0.15, 0.2) is 11.0 Å². The zero-order valence-corrected chi connectivity index (χ0v) is 17.9. The first kappa shape index (κ1) is 23.1. The average Bonchev–Trinajstić information content (AvgIpc) is 3.46. The normalized spacial score (nSPS) is 15.0. The fourth-order valence-corrected chi connectivity index (χ4v) is 4.11. The number of thioether (sulfide) groups is 1. The van der Waals surface area contributed by atoms with Crippen LogP contribution in [0.2, 0.25) is 0 Å². The van der Waals surface area contributed by atoms with Crippen LogP contribution in [-0.2, 0) is 16.1 Å². The third-order valence-corrected chi connectivity index (χ3v) is 6.06. The smallest absolute Gasteiger partial charge is 0.406 e. The first-order valence-corrected chi connectivity index (χ1v) is 10.7. The largest absolute Gasteiger partial charge is 0.480 e. The van der Waals surface area contributed by atoms with Crippen LogP contribution in [-0.4, -0.2) is 61.2 Å². The Hall–Kier alpha value is -2.56. The van der Waals surface area contributed by atoms with Crippen LogP contribution in [0.15, 0.2) is 29.4 Å². The molecular weight excluding hydrogens is 433 g/mol. The van der Waals surface area contributed by atoms with Gasteiger partial charge in [-0.3, -0.25) is 14.2 Å². The summed E-state index contributed by atoms with van der Waals surface area (Å²) in [6.45, 7) is 1.81. The van der Waals surface area contributed by atoms with Crippen LogP contribution in [0.4, 0.5) is 13.2 Å². The maximum atomic E-state index is 13.0. The van der Waals surface area contributed by atoms with Crippen molar-refractivity contribution in [2.24, 2.45) is 5.92 Å². The molecule has 7 nitrogen and oxygen atoms in total. The number of alkyl halides is 3. The van der Waals surface area contributed by atoms with Crippen molar-refractivity contribution in [2.75, 3.05) is 12.3 Å². The van der Waals surface area contributed by atoms with Gasteiger partial charge in [-0.05, 0) is 32.6 Å². The lowest BCUT2D eigenvalue weighted by Crippen LogP contribution is -2.46. The van der Waals surface area contributed by atoms with Crippen molar-refractivity contribution in [1.29, 1.82) is 0 Å². The maximum Gasteiger partial charge on any atom is 0.406 e. The van der Waals surface area contributed by atoms with E-state index in [-0.39, 0.29) is 16.8 Å². The van der Waals surface area contributed by atoms with Crippen molar-refractivity contribution in [3.05, 3.63) is 29.8 Å². The number of rotatable bonds is 9. The second kappa shape index (κ2) is 9.29. The van der Waals surface area contributed by atoms with Gasteiger partial charge in [0.05, 0.1) is 5.75 Å². The second-order valence-electron chi connectivity index (χ2n) is 7.66. The van der Waals surface area contributed by atoms with E-state index in [4.69, 9.17) is 0 Å². The molecule has 1 N–H and O–H groups in total. The lowest BCUT2D eigenvalue weighted by molar-refractivity contribution is -0.164. The molecule has 11 heteroatoms. The molecule has 2 aromatic rings. The van der Waals surface area contributed by atoms with Gasteiger partial charge in [-0.1, -0.05) is 41.6 Å². The van der Waals surface area contributed by atoms with E-state index in [1.54, 1.807) is 19.1 Å². The summed E-state index contributed by atoms with van der Waals surface area (Å²) >= 11 is 0.887. The van der Waals surface area contributed by atoms with Crippen LogP contribution in [0.1, 0.15) is 25.3 Å². The highest BCUT2D eigenvalue weighted by Gasteiger charge is 2.40. The van der Waals surface area contributed by atoms with Gasteiger partial charge in [0.25, 0.3) is 0 Å². The van der Waals surface area contributed by atoms with Crippen molar-refractivity contribution in [3.8, 4) is 11.4 Å². The molecule has 1 fully saturated rings. The molecule has 31 heavy (non-hydrogen) atoms. The number of aromatic nitrogens is 3. The summed E-state index contributed by atoms with van der Waals surface area (Å²) < 4.78 is 40.4. The van der Waals surface area contributed by atoms with Crippen LogP contribution in [0.3, 0.4) is 0 Å². The van der Waals surface area contributed by atoms with Crippen molar-refractivity contribution >= 4 is 23.6 Å². The zero-order chi connectivity index (χ0) is 22.8. The first-order chi connectivity index (χ1) is 14.5. The predicted molar refractivity (Wildman–Crippen MR) is 109 cm³/mol. The van der Waals surface area contributed by atoms with E-state index in [9.17, 15) is 27.9 Å². The third kappa shape index (κ3) is 6.22. The lowest BCUT2D eigenvalue weighted by atomic mass is 10.1. The number of carboxylic acid groups (broad SMARTS) is 1. The molecule has 3 rings (SSSR count). The van der Waals surface area contributed by atoms with Crippen molar-refractivity contribution in [1.82, 2.24) is 19.7 Å². The molecule has 1 aliphatic carbocycles. The summed E-state index contributed by atoms with van der Waals surface area (Å²) in [4.78, 5) is 24.9. The van der Waals surface area contributed by atoms with Gasteiger partial charge in [-0.25, -0.2) is 0 Å². The highest BCUT2D eigenvalue weighted by Crippen LogP contribution is 2.36. The van der Waals surface area contributed by atoms with Crippen LogP contribution in [0, 0.1) is 12.8 Å². The van der Waals surface area contributed by atoms with Crippen molar-refractivity contribution < 1.29 is 27.9 Å². The number of halogens is 3. The van der Waals surface area contributed by atoms with E-state index < -0.39 is 37.2 Å². The number of carboxylic acids is 1. The van der Waals surface area contributed by atoms with Crippen molar-refractivity contribution in [2.45, 2.75) is 50.6 Å². The predicted octanol–water partition coefficient (Wildman–Crippen LogP) is 3.62. The minimum Gasteiger partial charge on any atom is -0.480 e. The highest BCUT2D eigenvalue weighted by atomic mass is 32.2. The second-order valence-corrected chi connectivity index (χ2v) is 8.60. The zero-order valence-electron chi connectivity index (χ0n) is 17.1. The Kier molecular flexibility index (Phi) is 6.93. The monoisotopic (exact) mass is 456 g/mol. The maximum absolute atomic E-state index is 13.0. The fraction of sp³-hybridized carbons (Fsp3) is 0.500. The van der Waals surface area contributed by atoms with Gasteiger partial charge in [0.1, 0.15) is 13.1 Å². The number of aryl methyl sites for hydroxylation is 1. The average molecular weight is 456 g/mol. The van der Waals surface area contributed by atoms with E-state index >= 15 is 0 Å². The standard InChI is InChI=1S/C20H23F3N4O3S/c1-12-3-5-15(6-4-12)18-24-25-19(26(18)9-17(29)30)31-10-16(28)27(11-20(21,22)23)13(2)14-7-8-14/h3-6,13-14H,7-11H2,1-2H3,(H,29,30)/t13-/m0/s1. The van der Waals surface area contributed by atoms with E-state index in [1.165, 1.54) is 4.57 Å². The highest BCUT2D eigenvalue weighted by molar-refractivity contribution is 7.99. The number of benzene rings is 1. The molecule has 1 saturated carbocycles. The summed E-state index contributed by atoms with van der Waals surface area (Å²) in [5, 5.41) is 17.5. The number of hydrogen-bond acceptors (Lipinski definition) is 5. The topological polar surface area (TPSA) is 88.3 Å². The molecule has 0 aliphatic heterocycles. The molecule has 168 valence electrons. The summed E-state index contributed by atoms with van der Waals surface area (Å²) in [6, 6.07) is 6.74. The molecule has 1 atom stereocenters. The summed E-state index contributed by atoms with van der Waals surface area (Å²) in [5.74, 6) is -1.68. The molecule has 1 amide bonds. The van der Waals surface area contributed by atoms with Crippen LogP contribution < -0.4 is 0 Å². The SMILES string of the molecule is Cc1ccc(-c2nnc(SCC(=O)N(CC(F)(F)F)[C@@H](C)C3CC3)n2CC(=O)O)cc1. The molecule has 0 saturated heterocycles. The molecule has 0 unspecified atom stereocenters.